The fraction of sp³-hybridized carbons (Fsp3) is 0.0952. The number of carbonyl (C=O) groups is 1. The fourth-order valence-corrected chi connectivity index (χ4v) is 4.11. The Labute approximate surface area is 167 Å². The van der Waals surface area contributed by atoms with Crippen LogP contribution in [-0.4, -0.2) is 21.4 Å². The van der Waals surface area contributed by atoms with E-state index < -0.39 is 15.8 Å². The molecular weight excluding hydrogens is 395 g/mol. The zero-order chi connectivity index (χ0) is 20.8. The second-order valence-corrected chi connectivity index (χ2v) is 8.39. The van der Waals surface area contributed by atoms with Crippen molar-refractivity contribution in [2.75, 3.05) is 16.7 Å². The van der Waals surface area contributed by atoms with Gasteiger partial charge in [0.1, 0.15) is 11.6 Å². The van der Waals surface area contributed by atoms with Crippen molar-refractivity contribution in [1.82, 2.24) is 0 Å². The third-order valence-corrected chi connectivity index (χ3v) is 5.98. The van der Waals surface area contributed by atoms with Crippen LogP contribution in [0, 0.1) is 12.7 Å². The summed E-state index contributed by atoms with van der Waals surface area (Å²) < 4.78 is 46.5. The Balaban J connectivity index is 1.70. The number of nitrogens with one attached hydrogen (secondary N) is 1. The largest absolute Gasteiger partial charge is 0.454 e. The minimum atomic E-state index is -3.94. The Morgan fingerprint density at radius 2 is 1.66 bits per heavy atom. The van der Waals surface area contributed by atoms with Gasteiger partial charge in [0.2, 0.25) is 0 Å². The number of benzene rings is 3. The number of sulfonamides is 1. The number of rotatable bonds is 3. The van der Waals surface area contributed by atoms with Crippen molar-refractivity contribution in [3.8, 4) is 11.5 Å². The van der Waals surface area contributed by atoms with Crippen LogP contribution in [0.25, 0.3) is 0 Å². The number of aryl methyl sites for hydroxylation is 1. The van der Waals surface area contributed by atoms with Crippen LogP contribution in [0.1, 0.15) is 15.9 Å². The van der Waals surface area contributed by atoms with Crippen LogP contribution in [0.3, 0.4) is 0 Å². The molecule has 1 amide bonds. The third kappa shape index (κ3) is 3.54. The molecule has 6 nitrogen and oxygen atoms in total. The molecule has 0 bridgehead atoms. The normalized spacial score (nSPS) is 13.2. The van der Waals surface area contributed by atoms with Gasteiger partial charge in [-0.25, -0.2) is 12.8 Å². The first-order valence-corrected chi connectivity index (χ1v) is 10.2. The minimum Gasteiger partial charge on any atom is -0.454 e. The van der Waals surface area contributed by atoms with E-state index in [-0.39, 0.29) is 22.1 Å². The lowest BCUT2D eigenvalue weighted by Gasteiger charge is -2.17. The molecule has 0 radical (unpaired) electrons. The third-order valence-electron chi connectivity index (χ3n) is 4.59. The maximum absolute atomic E-state index is 13.1. The molecule has 0 atom stereocenters. The number of halogens is 1. The molecule has 0 fully saturated rings. The van der Waals surface area contributed by atoms with Gasteiger partial charge in [0.25, 0.3) is 15.9 Å². The molecule has 8 heteroatoms. The van der Waals surface area contributed by atoms with E-state index in [1.165, 1.54) is 29.2 Å². The second kappa shape index (κ2) is 6.89. The molecule has 3 aromatic rings. The minimum absolute atomic E-state index is 0.0867. The Hall–Kier alpha value is -3.39. The average Bonchev–Trinajstić information content (AvgIpc) is 2.78. The Kier molecular flexibility index (Phi) is 4.50. The first-order chi connectivity index (χ1) is 13.7. The summed E-state index contributed by atoms with van der Waals surface area (Å²) in [6.45, 7) is 1.92. The topological polar surface area (TPSA) is 75.7 Å². The molecule has 1 aliphatic heterocycles. The summed E-state index contributed by atoms with van der Waals surface area (Å²) in [5.41, 5.74) is 2.02. The Bertz CT molecular complexity index is 1220. The van der Waals surface area contributed by atoms with Gasteiger partial charge in [-0.15, -0.1) is 0 Å². The average molecular weight is 412 g/mol. The summed E-state index contributed by atoms with van der Waals surface area (Å²) in [7, 11) is -2.31. The molecule has 4 rings (SSSR count). The van der Waals surface area contributed by atoms with E-state index in [1.54, 1.807) is 19.2 Å². The van der Waals surface area contributed by atoms with Crippen molar-refractivity contribution < 1.29 is 22.3 Å². The summed E-state index contributed by atoms with van der Waals surface area (Å²) >= 11 is 0. The Morgan fingerprint density at radius 3 is 2.38 bits per heavy atom. The molecule has 0 aromatic heterocycles. The maximum Gasteiger partial charge on any atom is 0.261 e. The molecule has 1 heterocycles. The lowest BCUT2D eigenvalue weighted by Crippen LogP contribution is -2.25. The first-order valence-electron chi connectivity index (χ1n) is 8.73. The molecule has 1 N–H and O–H groups in total. The molecule has 0 saturated carbocycles. The van der Waals surface area contributed by atoms with E-state index in [9.17, 15) is 17.6 Å². The molecular formula is C21H17FN2O4S. The first kappa shape index (κ1) is 18.9. The summed E-state index contributed by atoms with van der Waals surface area (Å²) in [4.78, 5) is 14.3. The molecule has 0 saturated heterocycles. The number of carbonyl (C=O) groups excluding carboxylic acids is 1. The van der Waals surface area contributed by atoms with E-state index in [4.69, 9.17) is 4.74 Å². The zero-order valence-corrected chi connectivity index (χ0v) is 16.5. The highest BCUT2D eigenvalue weighted by molar-refractivity contribution is 7.92. The predicted molar refractivity (Wildman–Crippen MR) is 108 cm³/mol. The van der Waals surface area contributed by atoms with Crippen molar-refractivity contribution in [1.29, 1.82) is 0 Å². The highest BCUT2D eigenvalue weighted by atomic mass is 32.2. The quantitative estimate of drug-likeness (QED) is 0.695. The van der Waals surface area contributed by atoms with Gasteiger partial charge in [-0.3, -0.25) is 9.52 Å². The highest BCUT2D eigenvalue weighted by Crippen LogP contribution is 2.39. The monoisotopic (exact) mass is 412 g/mol. The molecule has 0 unspecified atom stereocenters. The summed E-state index contributed by atoms with van der Waals surface area (Å²) in [6.07, 6.45) is 0. The lowest BCUT2D eigenvalue weighted by molar-refractivity contribution is 0.0993. The number of amides is 1. The van der Waals surface area contributed by atoms with Crippen molar-refractivity contribution in [3.05, 3.63) is 77.6 Å². The van der Waals surface area contributed by atoms with Crippen LogP contribution in [-0.2, 0) is 10.0 Å². The smallest absolute Gasteiger partial charge is 0.261 e. The van der Waals surface area contributed by atoms with Crippen LogP contribution < -0.4 is 14.4 Å². The van der Waals surface area contributed by atoms with E-state index in [0.29, 0.717) is 17.2 Å². The number of hydrogen-bond acceptors (Lipinski definition) is 4. The fourth-order valence-electron chi connectivity index (χ4n) is 3.06. The van der Waals surface area contributed by atoms with Gasteiger partial charge in [0.15, 0.2) is 5.75 Å². The predicted octanol–water partition coefficient (Wildman–Crippen LogP) is 4.32. The van der Waals surface area contributed by atoms with Gasteiger partial charge in [0.05, 0.1) is 16.1 Å². The highest BCUT2D eigenvalue weighted by Gasteiger charge is 2.26. The number of fused-ring (bicyclic) bond motifs is 2. The van der Waals surface area contributed by atoms with Crippen LogP contribution in [0.4, 0.5) is 15.8 Å². The van der Waals surface area contributed by atoms with E-state index in [0.717, 1.165) is 17.7 Å². The summed E-state index contributed by atoms with van der Waals surface area (Å²) in [6, 6.07) is 14.5. The van der Waals surface area contributed by atoms with Crippen LogP contribution in [0.5, 0.6) is 11.5 Å². The summed E-state index contributed by atoms with van der Waals surface area (Å²) in [5.74, 6) is 0.000715. The van der Waals surface area contributed by atoms with Crippen molar-refractivity contribution in [3.63, 3.8) is 0 Å². The van der Waals surface area contributed by atoms with E-state index in [2.05, 4.69) is 4.72 Å². The number of ether oxygens (including phenoxy) is 1. The second-order valence-electron chi connectivity index (χ2n) is 6.71. The van der Waals surface area contributed by atoms with Crippen LogP contribution in [0.2, 0.25) is 0 Å². The van der Waals surface area contributed by atoms with E-state index in [1.807, 2.05) is 19.1 Å². The van der Waals surface area contributed by atoms with Crippen LogP contribution >= 0.6 is 0 Å². The number of anilines is 2. The molecule has 148 valence electrons. The summed E-state index contributed by atoms with van der Waals surface area (Å²) in [5, 5.41) is 0. The Morgan fingerprint density at radius 1 is 0.966 bits per heavy atom. The van der Waals surface area contributed by atoms with Gasteiger partial charge in [0, 0.05) is 12.7 Å². The van der Waals surface area contributed by atoms with E-state index >= 15 is 0 Å². The molecule has 3 aromatic carbocycles. The zero-order valence-electron chi connectivity index (χ0n) is 15.6. The van der Waals surface area contributed by atoms with Gasteiger partial charge in [-0.1, -0.05) is 6.07 Å². The molecule has 1 aliphatic rings. The number of nitrogens with zero attached hydrogens (tertiary/aromatic N) is 1. The standard InChI is InChI=1S/C21H17FN2O4S/c1-13-3-9-20-18(11-13)24(2)21(25)17-12-15(6-10-19(17)28-20)23-29(26,27)16-7-4-14(22)5-8-16/h3-12,23H,1-2H3. The lowest BCUT2D eigenvalue weighted by atomic mass is 10.1. The maximum atomic E-state index is 13.1. The molecule has 0 aliphatic carbocycles. The molecule has 0 spiro atoms. The van der Waals surface area contributed by atoms with Crippen molar-refractivity contribution in [2.24, 2.45) is 0 Å². The van der Waals surface area contributed by atoms with Crippen LogP contribution in [0.15, 0.2) is 65.6 Å². The van der Waals surface area contributed by atoms with Crippen molar-refractivity contribution >= 4 is 27.3 Å². The molecule has 29 heavy (non-hydrogen) atoms. The van der Waals surface area contributed by atoms with Gasteiger partial charge < -0.3 is 9.64 Å². The van der Waals surface area contributed by atoms with Gasteiger partial charge in [-0.05, 0) is 67.1 Å². The SMILES string of the molecule is Cc1ccc2c(c1)N(C)C(=O)c1cc(NS(=O)(=O)c3ccc(F)cc3)ccc1O2. The number of hydrogen-bond donors (Lipinski definition) is 1. The van der Waals surface area contributed by atoms with Gasteiger partial charge in [-0.2, -0.15) is 0 Å². The van der Waals surface area contributed by atoms with Gasteiger partial charge >= 0.3 is 0 Å². The van der Waals surface area contributed by atoms with Crippen molar-refractivity contribution in [2.45, 2.75) is 11.8 Å².